The number of hydrogen-bond donors (Lipinski definition) is 0. The van der Waals surface area contributed by atoms with E-state index in [0.29, 0.717) is 12.0 Å². The predicted octanol–water partition coefficient (Wildman–Crippen LogP) is 3.46. The second kappa shape index (κ2) is 3.33. The lowest BCUT2D eigenvalue weighted by Crippen LogP contribution is -2.23. The number of alkyl halides is 3. The van der Waals surface area contributed by atoms with Crippen LogP contribution in [0.2, 0.25) is 0 Å². The Balaban J connectivity index is 2.70. The molecule has 0 spiro atoms. The van der Waals surface area contributed by atoms with Gasteiger partial charge < -0.3 is 0 Å². The molecule has 0 saturated heterocycles. The van der Waals surface area contributed by atoms with Gasteiger partial charge in [0, 0.05) is 0 Å². The SMILES string of the molecule is CCC(C1=CC=CC1)C(F)(F)F. The van der Waals surface area contributed by atoms with Crippen molar-refractivity contribution in [2.45, 2.75) is 25.9 Å². The number of allylic oxidation sites excluding steroid dienone is 4. The van der Waals surface area contributed by atoms with Crippen LogP contribution >= 0.6 is 0 Å². The normalized spacial score (nSPS) is 19.5. The summed E-state index contributed by atoms with van der Waals surface area (Å²) in [4.78, 5) is 0. The lowest BCUT2D eigenvalue weighted by atomic mass is 9.95. The lowest BCUT2D eigenvalue weighted by Gasteiger charge is -2.19. The molecule has 0 heterocycles. The van der Waals surface area contributed by atoms with E-state index in [1.54, 1.807) is 25.2 Å². The molecular formula is C9H11F3. The van der Waals surface area contributed by atoms with Gasteiger partial charge in [-0.05, 0) is 12.8 Å². The Morgan fingerprint density at radius 2 is 2.17 bits per heavy atom. The zero-order chi connectivity index (χ0) is 9.19. The number of rotatable bonds is 2. The Labute approximate surface area is 69.8 Å². The second-order valence-electron chi connectivity index (χ2n) is 2.88. The second-order valence-corrected chi connectivity index (χ2v) is 2.88. The summed E-state index contributed by atoms with van der Waals surface area (Å²) in [6.07, 6.45) is 1.52. The van der Waals surface area contributed by atoms with Crippen molar-refractivity contribution in [3.8, 4) is 0 Å². The molecule has 0 aromatic heterocycles. The zero-order valence-electron chi connectivity index (χ0n) is 6.86. The van der Waals surface area contributed by atoms with Gasteiger partial charge in [-0.2, -0.15) is 13.2 Å². The minimum atomic E-state index is -4.08. The van der Waals surface area contributed by atoms with Gasteiger partial charge >= 0.3 is 6.18 Å². The highest BCUT2D eigenvalue weighted by Gasteiger charge is 2.40. The van der Waals surface area contributed by atoms with Crippen molar-refractivity contribution in [3.05, 3.63) is 23.8 Å². The molecule has 0 radical (unpaired) electrons. The van der Waals surface area contributed by atoms with Crippen molar-refractivity contribution in [3.63, 3.8) is 0 Å². The van der Waals surface area contributed by atoms with E-state index in [4.69, 9.17) is 0 Å². The average Bonchev–Trinajstić information content (AvgIpc) is 2.38. The molecule has 1 rings (SSSR count). The standard InChI is InChI=1S/C9H11F3/c1-2-8(9(10,11)12)7-5-3-4-6-7/h3-5,8H,2,6H2,1H3. The van der Waals surface area contributed by atoms with Crippen LogP contribution in [0.1, 0.15) is 19.8 Å². The average molecular weight is 176 g/mol. The third kappa shape index (κ3) is 1.90. The maximum Gasteiger partial charge on any atom is 0.395 e. The van der Waals surface area contributed by atoms with Gasteiger partial charge in [-0.3, -0.25) is 0 Å². The summed E-state index contributed by atoms with van der Waals surface area (Å²) in [5, 5.41) is 0. The minimum Gasteiger partial charge on any atom is -0.170 e. The Morgan fingerprint density at radius 3 is 2.50 bits per heavy atom. The molecule has 1 atom stereocenters. The first-order valence-corrected chi connectivity index (χ1v) is 3.98. The van der Waals surface area contributed by atoms with E-state index in [9.17, 15) is 13.2 Å². The van der Waals surface area contributed by atoms with E-state index in [-0.39, 0.29) is 6.42 Å². The highest BCUT2D eigenvalue weighted by Crippen LogP contribution is 2.37. The molecular weight excluding hydrogens is 165 g/mol. The molecule has 1 aliphatic carbocycles. The Hall–Kier alpha value is -0.730. The van der Waals surface area contributed by atoms with Crippen LogP contribution in [0.5, 0.6) is 0 Å². The summed E-state index contributed by atoms with van der Waals surface area (Å²) in [7, 11) is 0. The van der Waals surface area contributed by atoms with Gasteiger partial charge in [0.15, 0.2) is 0 Å². The van der Waals surface area contributed by atoms with Crippen molar-refractivity contribution in [2.24, 2.45) is 5.92 Å². The predicted molar refractivity (Wildman–Crippen MR) is 41.7 cm³/mol. The van der Waals surface area contributed by atoms with Gasteiger partial charge in [0.1, 0.15) is 0 Å². The summed E-state index contributed by atoms with van der Waals surface area (Å²) in [6, 6.07) is 0. The van der Waals surface area contributed by atoms with Crippen molar-refractivity contribution >= 4 is 0 Å². The van der Waals surface area contributed by atoms with Gasteiger partial charge in [0.2, 0.25) is 0 Å². The van der Waals surface area contributed by atoms with Crippen LogP contribution in [-0.2, 0) is 0 Å². The molecule has 0 aromatic carbocycles. The van der Waals surface area contributed by atoms with Crippen LogP contribution in [0, 0.1) is 5.92 Å². The van der Waals surface area contributed by atoms with Crippen molar-refractivity contribution in [1.29, 1.82) is 0 Å². The first-order valence-electron chi connectivity index (χ1n) is 3.98. The maximum atomic E-state index is 12.3. The van der Waals surface area contributed by atoms with E-state index in [1.165, 1.54) is 0 Å². The zero-order valence-corrected chi connectivity index (χ0v) is 6.86. The van der Waals surface area contributed by atoms with E-state index < -0.39 is 12.1 Å². The van der Waals surface area contributed by atoms with Crippen LogP contribution in [0.15, 0.2) is 23.8 Å². The summed E-state index contributed by atoms with van der Waals surface area (Å²) < 4.78 is 36.9. The quantitative estimate of drug-likeness (QED) is 0.604. The first kappa shape index (κ1) is 9.36. The van der Waals surface area contributed by atoms with Gasteiger partial charge in [-0.25, -0.2) is 0 Å². The fourth-order valence-corrected chi connectivity index (χ4v) is 1.43. The highest BCUT2D eigenvalue weighted by molar-refractivity contribution is 5.25. The van der Waals surface area contributed by atoms with Crippen LogP contribution < -0.4 is 0 Å². The lowest BCUT2D eigenvalue weighted by molar-refractivity contribution is -0.164. The van der Waals surface area contributed by atoms with E-state index in [0.717, 1.165) is 0 Å². The molecule has 1 unspecified atom stereocenters. The first-order chi connectivity index (χ1) is 5.55. The molecule has 0 nitrogen and oxygen atoms in total. The van der Waals surface area contributed by atoms with Gasteiger partial charge in [0.25, 0.3) is 0 Å². The van der Waals surface area contributed by atoms with Crippen molar-refractivity contribution < 1.29 is 13.2 Å². The fraction of sp³-hybridized carbons (Fsp3) is 0.556. The van der Waals surface area contributed by atoms with E-state index in [1.807, 2.05) is 0 Å². The topological polar surface area (TPSA) is 0 Å². The summed E-state index contributed by atoms with van der Waals surface area (Å²) in [5.74, 6) is -1.24. The smallest absolute Gasteiger partial charge is 0.170 e. The van der Waals surface area contributed by atoms with Crippen molar-refractivity contribution in [2.75, 3.05) is 0 Å². The number of halogens is 3. The molecule has 0 saturated carbocycles. The summed E-state index contributed by atoms with van der Waals surface area (Å²) >= 11 is 0. The Morgan fingerprint density at radius 1 is 1.50 bits per heavy atom. The summed E-state index contributed by atoms with van der Waals surface area (Å²) in [6.45, 7) is 1.57. The van der Waals surface area contributed by atoms with Gasteiger partial charge in [-0.1, -0.05) is 30.7 Å². The largest absolute Gasteiger partial charge is 0.395 e. The van der Waals surface area contributed by atoms with Crippen molar-refractivity contribution in [1.82, 2.24) is 0 Å². The molecule has 0 aliphatic heterocycles. The highest BCUT2D eigenvalue weighted by atomic mass is 19.4. The van der Waals surface area contributed by atoms with Gasteiger partial charge in [0.05, 0.1) is 5.92 Å². The van der Waals surface area contributed by atoms with Gasteiger partial charge in [-0.15, -0.1) is 0 Å². The monoisotopic (exact) mass is 176 g/mol. The molecule has 0 amide bonds. The molecule has 68 valence electrons. The Kier molecular flexibility index (Phi) is 2.60. The molecule has 0 bridgehead atoms. The third-order valence-electron chi connectivity index (χ3n) is 2.05. The molecule has 3 heteroatoms. The fourth-order valence-electron chi connectivity index (χ4n) is 1.43. The molecule has 1 aliphatic rings. The van der Waals surface area contributed by atoms with Crippen LogP contribution in [0.4, 0.5) is 13.2 Å². The summed E-state index contributed by atoms with van der Waals surface area (Å²) in [5.41, 5.74) is 0.491. The minimum absolute atomic E-state index is 0.136. The van der Waals surface area contributed by atoms with E-state index >= 15 is 0 Å². The van der Waals surface area contributed by atoms with Crippen LogP contribution in [0.3, 0.4) is 0 Å². The van der Waals surface area contributed by atoms with Crippen LogP contribution in [0.25, 0.3) is 0 Å². The Bertz CT molecular complexity index is 210. The number of hydrogen-bond acceptors (Lipinski definition) is 0. The van der Waals surface area contributed by atoms with Crippen LogP contribution in [-0.4, -0.2) is 6.18 Å². The molecule has 0 fully saturated rings. The molecule has 0 N–H and O–H groups in total. The molecule has 0 aromatic rings. The molecule has 12 heavy (non-hydrogen) atoms. The maximum absolute atomic E-state index is 12.3. The van der Waals surface area contributed by atoms with E-state index in [2.05, 4.69) is 0 Å². The third-order valence-corrected chi connectivity index (χ3v) is 2.05.